The Balaban J connectivity index is 2.68. The molecule has 1 aromatic rings. The fourth-order valence-electron chi connectivity index (χ4n) is 1.95. The average molecular weight is 208 g/mol. The Morgan fingerprint density at radius 3 is 2.80 bits per heavy atom. The first-order valence-electron chi connectivity index (χ1n) is 4.60. The fraction of sp³-hybridized carbons (Fsp3) is 0.300. The van der Waals surface area contributed by atoms with Crippen LogP contribution in [0, 0.1) is 5.82 Å². The Hall–Kier alpha value is -1.20. The maximum Gasteiger partial charge on any atom is 0.492 e. The van der Waals surface area contributed by atoms with Gasteiger partial charge in [0.05, 0.1) is 5.60 Å². The Morgan fingerprint density at radius 1 is 1.53 bits per heavy atom. The molecule has 0 radical (unpaired) electrons. The molecule has 1 aliphatic rings. The molecule has 1 N–H and O–H groups in total. The van der Waals surface area contributed by atoms with Gasteiger partial charge in [0.15, 0.2) is 0 Å². The van der Waals surface area contributed by atoms with Crippen molar-refractivity contribution in [2.45, 2.75) is 19.4 Å². The molecule has 1 aliphatic heterocycles. The highest BCUT2D eigenvalue weighted by Crippen LogP contribution is 2.31. The van der Waals surface area contributed by atoms with Crippen LogP contribution in [0.15, 0.2) is 12.1 Å². The van der Waals surface area contributed by atoms with Gasteiger partial charge in [-0.1, -0.05) is 6.07 Å². The number of aldehydes is 1. The third-order valence-corrected chi connectivity index (χ3v) is 2.55. The molecule has 2 rings (SSSR count). The lowest BCUT2D eigenvalue weighted by molar-refractivity contribution is 0.0972. The van der Waals surface area contributed by atoms with Crippen molar-refractivity contribution in [1.82, 2.24) is 0 Å². The maximum absolute atomic E-state index is 13.7. The predicted octanol–water partition coefficient (Wildman–Crippen LogP) is 0.591. The molecular formula is C10H10BFO3. The summed E-state index contributed by atoms with van der Waals surface area (Å²) in [5.74, 6) is -0.517. The van der Waals surface area contributed by atoms with E-state index in [9.17, 15) is 14.2 Å². The quantitative estimate of drug-likeness (QED) is 0.542. The number of hydrogen-bond acceptors (Lipinski definition) is 3. The molecule has 78 valence electrons. The van der Waals surface area contributed by atoms with Gasteiger partial charge < -0.3 is 9.68 Å². The minimum atomic E-state index is -1.16. The number of halogens is 1. The van der Waals surface area contributed by atoms with Crippen LogP contribution in [-0.4, -0.2) is 18.4 Å². The van der Waals surface area contributed by atoms with E-state index in [1.54, 1.807) is 13.8 Å². The van der Waals surface area contributed by atoms with Crippen molar-refractivity contribution >= 4 is 18.9 Å². The summed E-state index contributed by atoms with van der Waals surface area (Å²) in [5.41, 5.74) is -0.00503. The van der Waals surface area contributed by atoms with Gasteiger partial charge in [0.2, 0.25) is 0 Å². The topological polar surface area (TPSA) is 46.5 Å². The molecule has 15 heavy (non-hydrogen) atoms. The summed E-state index contributed by atoms with van der Waals surface area (Å²) in [7, 11) is -1.16. The van der Waals surface area contributed by atoms with Gasteiger partial charge in [-0.05, 0) is 25.4 Å². The molecule has 0 aromatic heterocycles. The summed E-state index contributed by atoms with van der Waals surface area (Å²) in [6, 6.07) is 2.60. The second-order valence-electron chi connectivity index (χ2n) is 4.07. The van der Waals surface area contributed by atoms with Crippen LogP contribution in [0.25, 0.3) is 0 Å². The van der Waals surface area contributed by atoms with Crippen LogP contribution >= 0.6 is 0 Å². The van der Waals surface area contributed by atoms with E-state index in [0.717, 1.165) is 6.07 Å². The summed E-state index contributed by atoms with van der Waals surface area (Å²) in [4.78, 5) is 10.5. The molecule has 0 spiro atoms. The summed E-state index contributed by atoms with van der Waals surface area (Å²) < 4.78 is 18.9. The van der Waals surface area contributed by atoms with Gasteiger partial charge in [-0.2, -0.15) is 0 Å². The van der Waals surface area contributed by atoms with Crippen LogP contribution in [0.5, 0.6) is 0 Å². The third kappa shape index (κ3) is 1.48. The predicted molar refractivity (Wildman–Crippen MR) is 53.5 cm³/mol. The normalized spacial score (nSPS) is 17.7. The smallest absolute Gasteiger partial charge is 0.423 e. The largest absolute Gasteiger partial charge is 0.492 e. The molecule has 0 fully saturated rings. The molecular weight excluding hydrogens is 198 g/mol. The first kappa shape index (κ1) is 10.3. The van der Waals surface area contributed by atoms with Crippen molar-refractivity contribution in [3.8, 4) is 0 Å². The average Bonchev–Trinajstić information content (AvgIpc) is 2.37. The second kappa shape index (κ2) is 3.15. The molecule has 1 aromatic carbocycles. The van der Waals surface area contributed by atoms with E-state index < -0.39 is 18.5 Å². The molecule has 3 nitrogen and oxygen atoms in total. The minimum absolute atomic E-state index is 0.201. The van der Waals surface area contributed by atoms with Crippen molar-refractivity contribution in [3.05, 3.63) is 29.1 Å². The zero-order valence-electron chi connectivity index (χ0n) is 8.45. The Bertz CT molecular complexity index is 431. The number of benzene rings is 1. The van der Waals surface area contributed by atoms with E-state index in [1.807, 2.05) is 0 Å². The highest BCUT2D eigenvalue weighted by molar-refractivity contribution is 6.62. The first-order chi connectivity index (χ1) is 6.95. The molecule has 0 unspecified atom stereocenters. The van der Waals surface area contributed by atoms with E-state index in [-0.39, 0.29) is 5.56 Å². The summed E-state index contributed by atoms with van der Waals surface area (Å²) in [5, 5.41) is 9.56. The van der Waals surface area contributed by atoms with Gasteiger partial charge in [-0.15, -0.1) is 0 Å². The number of carbonyl (C=O) groups is 1. The standard InChI is InChI=1S/C10H10BFO3/c1-10(2)9-7(11(14)15-10)3-6(5-13)4-8(9)12/h3-5,14H,1-2H3. The van der Waals surface area contributed by atoms with Gasteiger partial charge in [0, 0.05) is 11.1 Å². The molecule has 0 saturated carbocycles. The van der Waals surface area contributed by atoms with E-state index in [0.29, 0.717) is 17.3 Å². The molecule has 5 heteroatoms. The highest BCUT2D eigenvalue weighted by Gasteiger charge is 2.42. The molecule has 0 aliphatic carbocycles. The van der Waals surface area contributed by atoms with Gasteiger partial charge >= 0.3 is 7.12 Å². The van der Waals surface area contributed by atoms with Crippen LogP contribution in [0.1, 0.15) is 29.8 Å². The van der Waals surface area contributed by atoms with E-state index >= 15 is 0 Å². The van der Waals surface area contributed by atoms with E-state index in [1.165, 1.54) is 6.07 Å². The van der Waals surface area contributed by atoms with Gasteiger partial charge in [0.1, 0.15) is 12.1 Å². The SMILES string of the molecule is CC1(C)OB(O)c2cc(C=O)cc(F)c21. The fourth-order valence-corrected chi connectivity index (χ4v) is 1.95. The van der Waals surface area contributed by atoms with Crippen LogP contribution in [-0.2, 0) is 10.3 Å². The Kier molecular flexibility index (Phi) is 2.17. The molecule has 0 bridgehead atoms. The Labute approximate surface area is 87.0 Å². The molecule has 0 atom stereocenters. The zero-order valence-corrected chi connectivity index (χ0v) is 8.45. The molecule has 1 heterocycles. The lowest BCUT2D eigenvalue weighted by atomic mass is 9.77. The van der Waals surface area contributed by atoms with Gasteiger partial charge in [-0.3, -0.25) is 4.79 Å². The van der Waals surface area contributed by atoms with Crippen molar-refractivity contribution in [2.24, 2.45) is 0 Å². The lowest BCUT2D eigenvalue weighted by Gasteiger charge is -2.20. The van der Waals surface area contributed by atoms with Crippen LogP contribution in [0.3, 0.4) is 0 Å². The lowest BCUT2D eigenvalue weighted by Crippen LogP contribution is -2.29. The van der Waals surface area contributed by atoms with Crippen LogP contribution in [0.4, 0.5) is 4.39 Å². The minimum Gasteiger partial charge on any atom is -0.423 e. The van der Waals surface area contributed by atoms with Gasteiger partial charge in [-0.25, -0.2) is 4.39 Å². The number of hydrogen-bond donors (Lipinski definition) is 1. The number of carbonyl (C=O) groups excluding carboxylic acids is 1. The second-order valence-corrected chi connectivity index (χ2v) is 4.07. The van der Waals surface area contributed by atoms with Crippen molar-refractivity contribution in [2.75, 3.05) is 0 Å². The third-order valence-electron chi connectivity index (χ3n) is 2.55. The maximum atomic E-state index is 13.7. The summed E-state index contributed by atoms with van der Waals surface area (Å²) >= 11 is 0. The number of rotatable bonds is 1. The monoisotopic (exact) mass is 208 g/mol. The van der Waals surface area contributed by atoms with E-state index in [4.69, 9.17) is 4.65 Å². The van der Waals surface area contributed by atoms with Crippen molar-refractivity contribution in [1.29, 1.82) is 0 Å². The summed E-state index contributed by atoms with van der Waals surface area (Å²) in [6.45, 7) is 3.34. The van der Waals surface area contributed by atoms with Gasteiger partial charge in [0.25, 0.3) is 0 Å². The number of fused-ring (bicyclic) bond motifs is 1. The van der Waals surface area contributed by atoms with Crippen LogP contribution in [0.2, 0.25) is 0 Å². The Morgan fingerprint density at radius 2 is 2.20 bits per heavy atom. The molecule has 0 saturated heterocycles. The first-order valence-corrected chi connectivity index (χ1v) is 4.60. The van der Waals surface area contributed by atoms with Crippen LogP contribution < -0.4 is 5.46 Å². The van der Waals surface area contributed by atoms with E-state index in [2.05, 4.69) is 0 Å². The highest BCUT2D eigenvalue weighted by atomic mass is 19.1. The van der Waals surface area contributed by atoms with Crippen molar-refractivity contribution < 1.29 is 18.9 Å². The van der Waals surface area contributed by atoms with Crippen molar-refractivity contribution in [3.63, 3.8) is 0 Å². The summed E-state index contributed by atoms with van der Waals surface area (Å²) in [6.07, 6.45) is 0.543. The zero-order chi connectivity index (χ0) is 11.2. The molecule has 0 amide bonds.